The molecule has 8 heteroatoms. The molecule has 2 saturated heterocycles. The van der Waals surface area contributed by atoms with Gasteiger partial charge in [-0.25, -0.2) is 13.6 Å². The largest absolute Gasteiger partial charge is 0.381 e. The predicted octanol–water partition coefficient (Wildman–Crippen LogP) is 5.70. The van der Waals surface area contributed by atoms with Crippen molar-refractivity contribution in [1.29, 1.82) is 0 Å². The summed E-state index contributed by atoms with van der Waals surface area (Å²) in [5.41, 5.74) is 3.71. The molecule has 0 radical (unpaired) electrons. The molecule has 2 aromatic carbocycles. The highest BCUT2D eigenvalue weighted by molar-refractivity contribution is 7.93. The van der Waals surface area contributed by atoms with Gasteiger partial charge in [0.25, 0.3) is 0 Å². The zero-order chi connectivity index (χ0) is 22.4. The molecule has 1 N–H and O–H groups in total. The minimum absolute atomic E-state index is 0.193. The second-order valence-electron chi connectivity index (χ2n) is 8.92. The van der Waals surface area contributed by atoms with Gasteiger partial charge in [-0.2, -0.15) is 9.46 Å². The molecule has 6 nitrogen and oxygen atoms in total. The molecule has 0 bridgehead atoms. The van der Waals surface area contributed by atoms with Crippen LogP contribution in [0.4, 0.5) is 10.2 Å². The summed E-state index contributed by atoms with van der Waals surface area (Å²) < 4.78 is 37.6. The Morgan fingerprint density at radius 3 is 2.58 bits per heavy atom. The number of ether oxygens (including phenoxy) is 1. The monoisotopic (exact) mass is 464 g/mol. The number of H-pyrrole nitrogens is 1. The fraction of sp³-hybridized carbons (Fsp3) is 0.360. The van der Waals surface area contributed by atoms with Gasteiger partial charge in [0, 0.05) is 47.0 Å². The first-order valence-electron chi connectivity index (χ1n) is 11.5. The summed E-state index contributed by atoms with van der Waals surface area (Å²) in [6, 6.07) is 10.7. The summed E-state index contributed by atoms with van der Waals surface area (Å²) in [4.78, 5) is 5.09. The minimum Gasteiger partial charge on any atom is -0.381 e. The Morgan fingerprint density at radius 1 is 1.06 bits per heavy atom. The van der Waals surface area contributed by atoms with Gasteiger partial charge < -0.3 is 4.74 Å². The molecule has 2 fully saturated rings. The van der Waals surface area contributed by atoms with E-state index in [1.165, 1.54) is 12.1 Å². The first kappa shape index (κ1) is 20.7. The van der Waals surface area contributed by atoms with Gasteiger partial charge in [0.15, 0.2) is 5.82 Å². The molecule has 0 atom stereocenters. The Kier molecular flexibility index (Phi) is 5.14. The van der Waals surface area contributed by atoms with Crippen molar-refractivity contribution in [2.45, 2.75) is 31.6 Å². The first-order chi connectivity index (χ1) is 16.1. The van der Waals surface area contributed by atoms with Crippen LogP contribution in [0.25, 0.3) is 32.8 Å². The summed E-state index contributed by atoms with van der Waals surface area (Å²) in [6.07, 6.45) is 5.38. The third kappa shape index (κ3) is 3.81. The number of aromatic amines is 1. The van der Waals surface area contributed by atoms with E-state index in [0.717, 1.165) is 64.2 Å². The van der Waals surface area contributed by atoms with Crippen molar-refractivity contribution in [3.8, 4) is 11.1 Å². The van der Waals surface area contributed by atoms with Crippen LogP contribution in [-0.2, 0) is 14.5 Å². The van der Waals surface area contributed by atoms with Crippen LogP contribution in [0, 0.1) is 5.82 Å². The molecule has 2 aliphatic rings. The van der Waals surface area contributed by atoms with Crippen LogP contribution >= 0.6 is 0 Å². The van der Waals surface area contributed by atoms with E-state index in [-0.39, 0.29) is 11.7 Å². The second kappa shape index (κ2) is 8.18. The number of nitrogens with one attached hydrogen (secondary N) is 1. The highest BCUT2D eigenvalue weighted by Crippen LogP contribution is 2.43. The number of rotatable bonds is 3. The van der Waals surface area contributed by atoms with E-state index in [9.17, 15) is 8.60 Å². The SMILES string of the molecule is O=S1(=Nc2nc(C3CCOCC3)c(-c3ccc(F)cc3)c3cc4cn[nH]c4cc23)CCCC1. The summed E-state index contributed by atoms with van der Waals surface area (Å²) in [5, 5.41) is 10.0. The van der Waals surface area contributed by atoms with E-state index in [2.05, 4.69) is 16.3 Å². The van der Waals surface area contributed by atoms with Gasteiger partial charge in [-0.3, -0.25) is 5.10 Å². The quantitative estimate of drug-likeness (QED) is 0.421. The van der Waals surface area contributed by atoms with Gasteiger partial charge in [0.1, 0.15) is 5.82 Å². The molecular formula is C25H25FN4O2S. The number of benzene rings is 2. The normalized spacial score (nSPS) is 18.8. The van der Waals surface area contributed by atoms with Crippen LogP contribution in [0.2, 0.25) is 0 Å². The first-order valence-corrected chi connectivity index (χ1v) is 13.3. The molecule has 4 aromatic rings. The topological polar surface area (TPSA) is 80.2 Å². The number of aromatic nitrogens is 3. The van der Waals surface area contributed by atoms with Crippen molar-refractivity contribution in [2.24, 2.45) is 4.36 Å². The van der Waals surface area contributed by atoms with Gasteiger partial charge >= 0.3 is 0 Å². The zero-order valence-electron chi connectivity index (χ0n) is 18.2. The zero-order valence-corrected chi connectivity index (χ0v) is 19.0. The average Bonchev–Trinajstić information content (AvgIpc) is 3.47. The minimum atomic E-state index is -2.31. The fourth-order valence-corrected chi connectivity index (χ4v) is 7.16. The third-order valence-electron chi connectivity index (χ3n) is 6.74. The molecule has 0 spiro atoms. The van der Waals surface area contributed by atoms with E-state index in [4.69, 9.17) is 14.1 Å². The Labute approximate surface area is 191 Å². The number of pyridine rings is 1. The number of fused-ring (bicyclic) bond motifs is 2. The van der Waals surface area contributed by atoms with Crippen LogP contribution in [-0.4, -0.2) is 44.1 Å². The lowest BCUT2D eigenvalue weighted by atomic mass is 9.87. The van der Waals surface area contributed by atoms with Gasteiger partial charge in [-0.15, -0.1) is 0 Å². The molecule has 0 saturated carbocycles. The van der Waals surface area contributed by atoms with Gasteiger partial charge in [-0.1, -0.05) is 12.1 Å². The highest BCUT2D eigenvalue weighted by Gasteiger charge is 2.26. The van der Waals surface area contributed by atoms with Crippen LogP contribution < -0.4 is 0 Å². The summed E-state index contributed by atoms with van der Waals surface area (Å²) in [5.74, 6) is 1.70. The molecule has 2 aliphatic heterocycles. The molecule has 170 valence electrons. The molecular weight excluding hydrogens is 439 g/mol. The van der Waals surface area contributed by atoms with E-state index >= 15 is 0 Å². The molecule has 0 aliphatic carbocycles. The molecule has 33 heavy (non-hydrogen) atoms. The van der Waals surface area contributed by atoms with Crippen LogP contribution in [0.15, 0.2) is 47.0 Å². The molecule has 2 aromatic heterocycles. The molecule has 4 heterocycles. The van der Waals surface area contributed by atoms with Crippen molar-refractivity contribution >= 4 is 37.2 Å². The lowest BCUT2D eigenvalue weighted by molar-refractivity contribution is 0.0847. The number of halogens is 1. The Bertz CT molecular complexity index is 1450. The average molecular weight is 465 g/mol. The summed E-state index contributed by atoms with van der Waals surface area (Å²) in [7, 11) is -2.31. The van der Waals surface area contributed by atoms with Crippen LogP contribution in [0.5, 0.6) is 0 Å². The highest BCUT2D eigenvalue weighted by atomic mass is 32.2. The second-order valence-corrected chi connectivity index (χ2v) is 11.5. The molecule has 6 rings (SSSR count). The standard InChI is InChI=1S/C25H25FN4O2S/c26-19-5-3-16(4-6-19)23-20-13-18-15-27-29-22(18)14-21(20)25(30-33(31)11-1-2-12-33)28-24(23)17-7-9-32-10-8-17/h3-6,13-15,17H,1-2,7-12H2,(H,27,29). The summed E-state index contributed by atoms with van der Waals surface area (Å²) >= 11 is 0. The van der Waals surface area contributed by atoms with E-state index in [1.807, 2.05) is 18.2 Å². The number of hydrogen-bond acceptors (Lipinski definition) is 5. The van der Waals surface area contributed by atoms with E-state index in [0.29, 0.717) is 30.5 Å². The van der Waals surface area contributed by atoms with E-state index in [1.54, 1.807) is 6.20 Å². The molecule has 0 unspecified atom stereocenters. The smallest absolute Gasteiger partial charge is 0.169 e. The Hall–Kier alpha value is -2.84. The van der Waals surface area contributed by atoms with Crippen molar-refractivity contribution in [3.05, 3.63) is 54.1 Å². The van der Waals surface area contributed by atoms with Gasteiger partial charge in [0.05, 0.1) is 27.1 Å². The van der Waals surface area contributed by atoms with Gasteiger partial charge in [0.2, 0.25) is 0 Å². The maximum atomic E-state index is 13.8. The van der Waals surface area contributed by atoms with Gasteiger partial charge in [-0.05, 0) is 60.9 Å². The van der Waals surface area contributed by atoms with Crippen molar-refractivity contribution in [1.82, 2.24) is 15.2 Å². The summed E-state index contributed by atoms with van der Waals surface area (Å²) in [6.45, 7) is 1.36. The maximum absolute atomic E-state index is 13.8. The van der Waals surface area contributed by atoms with Crippen LogP contribution in [0.3, 0.4) is 0 Å². The lowest BCUT2D eigenvalue weighted by Gasteiger charge is -2.25. The van der Waals surface area contributed by atoms with Crippen molar-refractivity contribution in [2.75, 3.05) is 24.7 Å². The predicted molar refractivity (Wildman–Crippen MR) is 129 cm³/mol. The Morgan fingerprint density at radius 2 is 1.82 bits per heavy atom. The number of hydrogen-bond donors (Lipinski definition) is 1. The van der Waals surface area contributed by atoms with E-state index < -0.39 is 9.73 Å². The Balaban J connectivity index is 1.71. The fourth-order valence-electron chi connectivity index (χ4n) is 5.01. The number of nitrogens with zero attached hydrogens (tertiary/aromatic N) is 3. The maximum Gasteiger partial charge on any atom is 0.169 e. The van der Waals surface area contributed by atoms with Crippen molar-refractivity contribution < 1.29 is 13.3 Å². The molecule has 0 amide bonds. The third-order valence-corrected chi connectivity index (χ3v) is 9.10. The lowest BCUT2D eigenvalue weighted by Crippen LogP contribution is -2.16. The van der Waals surface area contributed by atoms with Crippen LogP contribution in [0.1, 0.15) is 37.3 Å². The van der Waals surface area contributed by atoms with Crippen molar-refractivity contribution in [3.63, 3.8) is 0 Å².